The highest BCUT2D eigenvalue weighted by Gasteiger charge is 2.07. The van der Waals surface area contributed by atoms with Crippen LogP contribution in [0.3, 0.4) is 0 Å². The molecule has 1 rings (SSSR count). The Labute approximate surface area is 109 Å². The second-order valence-electron chi connectivity index (χ2n) is 4.92. The van der Waals surface area contributed by atoms with Crippen LogP contribution in [-0.2, 0) is 11.3 Å². The fourth-order valence-electron chi connectivity index (χ4n) is 1.57. The number of benzene rings is 1. The summed E-state index contributed by atoms with van der Waals surface area (Å²) in [6.45, 7) is 5.79. The van der Waals surface area contributed by atoms with E-state index in [4.69, 9.17) is 5.73 Å². The number of likely N-dealkylation sites (N-methyl/N-ethyl adjacent to an activating group) is 1. The van der Waals surface area contributed by atoms with Gasteiger partial charge in [0.05, 0.1) is 6.54 Å². The highest BCUT2D eigenvalue weighted by Crippen LogP contribution is 2.13. The Bertz CT molecular complexity index is 373. The van der Waals surface area contributed by atoms with E-state index in [0.717, 1.165) is 17.8 Å². The minimum absolute atomic E-state index is 0.0501. The van der Waals surface area contributed by atoms with Gasteiger partial charge in [0.1, 0.15) is 0 Å². The number of nitrogens with one attached hydrogen (secondary N) is 1. The smallest absolute Gasteiger partial charge is 0.239 e. The molecule has 0 aliphatic carbocycles. The van der Waals surface area contributed by atoms with Gasteiger partial charge in [-0.15, -0.1) is 0 Å². The molecule has 100 valence electrons. The van der Waals surface area contributed by atoms with E-state index in [1.165, 1.54) is 0 Å². The number of hydrogen-bond donors (Lipinski definition) is 2. The first kappa shape index (κ1) is 14.5. The molecule has 0 atom stereocenters. The third-order valence-electron chi connectivity index (χ3n) is 2.70. The van der Waals surface area contributed by atoms with Crippen molar-refractivity contribution in [3.05, 3.63) is 29.8 Å². The summed E-state index contributed by atoms with van der Waals surface area (Å²) in [5, 5.41) is 2.90. The molecule has 0 aliphatic heterocycles. The topological polar surface area (TPSA) is 58.4 Å². The summed E-state index contributed by atoms with van der Waals surface area (Å²) in [5.41, 5.74) is 7.66. The molecule has 1 aromatic rings. The molecule has 4 heteroatoms. The minimum atomic E-state index is 0.0501. The van der Waals surface area contributed by atoms with Gasteiger partial charge >= 0.3 is 0 Å². The van der Waals surface area contributed by atoms with Crippen molar-refractivity contribution in [2.45, 2.75) is 20.4 Å². The van der Waals surface area contributed by atoms with Crippen LogP contribution < -0.4 is 16.0 Å². The number of anilines is 1. The Kier molecular flexibility index (Phi) is 5.65. The molecule has 1 amide bonds. The van der Waals surface area contributed by atoms with Crippen molar-refractivity contribution in [1.82, 2.24) is 5.32 Å². The number of hydrogen-bond acceptors (Lipinski definition) is 3. The Morgan fingerprint density at radius 2 is 1.94 bits per heavy atom. The van der Waals surface area contributed by atoms with Crippen molar-refractivity contribution in [1.29, 1.82) is 0 Å². The molecule has 0 saturated heterocycles. The van der Waals surface area contributed by atoms with E-state index < -0.39 is 0 Å². The van der Waals surface area contributed by atoms with E-state index in [9.17, 15) is 4.79 Å². The van der Waals surface area contributed by atoms with Crippen LogP contribution >= 0.6 is 0 Å². The molecule has 0 aliphatic rings. The van der Waals surface area contributed by atoms with Crippen molar-refractivity contribution >= 4 is 11.6 Å². The summed E-state index contributed by atoms with van der Waals surface area (Å²) < 4.78 is 0. The SMILES string of the molecule is CC(C)CNC(=O)CN(C)c1ccc(CN)cc1. The zero-order valence-corrected chi connectivity index (χ0v) is 11.4. The molecule has 0 unspecified atom stereocenters. The zero-order valence-electron chi connectivity index (χ0n) is 11.4. The molecule has 0 fully saturated rings. The summed E-state index contributed by atoms with van der Waals surface area (Å²) >= 11 is 0. The van der Waals surface area contributed by atoms with Gasteiger partial charge in [-0.3, -0.25) is 4.79 Å². The maximum Gasteiger partial charge on any atom is 0.239 e. The number of carbonyl (C=O) groups is 1. The molecule has 0 saturated carbocycles. The van der Waals surface area contributed by atoms with Crippen molar-refractivity contribution < 1.29 is 4.79 Å². The van der Waals surface area contributed by atoms with Crippen LogP contribution in [0.5, 0.6) is 0 Å². The Hall–Kier alpha value is -1.55. The van der Waals surface area contributed by atoms with Crippen LogP contribution in [0.25, 0.3) is 0 Å². The van der Waals surface area contributed by atoms with Gasteiger partial charge in [-0.2, -0.15) is 0 Å². The maximum absolute atomic E-state index is 11.7. The third kappa shape index (κ3) is 4.75. The molecule has 18 heavy (non-hydrogen) atoms. The maximum atomic E-state index is 11.7. The summed E-state index contributed by atoms with van der Waals surface area (Å²) in [5.74, 6) is 0.525. The molecule has 0 aromatic heterocycles. The van der Waals surface area contributed by atoms with E-state index in [0.29, 0.717) is 19.0 Å². The Balaban J connectivity index is 2.48. The lowest BCUT2D eigenvalue weighted by Crippen LogP contribution is -2.36. The molecule has 0 radical (unpaired) electrons. The number of amides is 1. The first-order valence-electron chi connectivity index (χ1n) is 6.29. The van der Waals surface area contributed by atoms with E-state index in [2.05, 4.69) is 19.2 Å². The lowest BCUT2D eigenvalue weighted by Gasteiger charge is -2.19. The number of nitrogens with two attached hydrogens (primary N) is 1. The third-order valence-corrected chi connectivity index (χ3v) is 2.70. The fraction of sp³-hybridized carbons (Fsp3) is 0.500. The largest absolute Gasteiger partial charge is 0.365 e. The molecular formula is C14H23N3O. The molecule has 3 N–H and O–H groups in total. The minimum Gasteiger partial charge on any atom is -0.365 e. The van der Waals surface area contributed by atoms with Crippen LogP contribution in [-0.4, -0.2) is 26.0 Å². The van der Waals surface area contributed by atoms with E-state index in [1.807, 2.05) is 36.2 Å². The van der Waals surface area contributed by atoms with Crippen molar-refractivity contribution in [2.24, 2.45) is 11.7 Å². The van der Waals surface area contributed by atoms with Gasteiger partial charge in [0, 0.05) is 25.8 Å². The highest BCUT2D eigenvalue weighted by atomic mass is 16.2. The second kappa shape index (κ2) is 7.01. The van der Waals surface area contributed by atoms with Gasteiger partial charge in [0.15, 0.2) is 0 Å². The molecular weight excluding hydrogens is 226 g/mol. The van der Waals surface area contributed by atoms with E-state index >= 15 is 0 Å². The van der Waals surface area contributed by atoms with Gasteiger partial charge in [0.2, 0.25) is 5.91 Å². The predicted octanol–water partition coefficient (Wildman–Crippen LogP) is 1.35. The molecule has 0 bridgehead atoms. The normalized spacial score (nSPS) is 10.5. The Morgan fingerprint density at radius 1 is 1.33 bits per heavy atom. The fourth-order valence-corrected chi connectivity index (χ4v) is 1.57. The summed E-state index contributed by atoms with van der Waals surface area (Å²) in [6, 6.07) is 7.94. The molecule has 4 nitrogen and oxygen atoms in total. The number of carbonyl (C=O) groups excluding carboxylic acids is 1. The number of nitrogens with zero attached hydrogens (tertiary/aromatic N) is 1. The van der Waals surface area contributed by atoms with E-state index in [1.54, 1.807) is 0 Å². The van der Waals surface area contributed by atoms with Gasteiger partial charge in [-0.1, -0.05) is 26.0 Å². The van der Waals surface area contributed by atoms with Crippen molar-refractivity contribution in [2.75, 3.05) is 25.0 Å². The van der Waals surface area contributed by atoms with Crippen LogP contribution in [0, 0.1) is 5.92 Å². The molecule has 0 heterocycles. The van der Waals surface area contributed by atoms with Gasteiger partial charge in [-0.25, -0.2) is 0 Å². The molecule has 0 spiro atoms. The van der Waals surface area contributed by atoms with Gasteiger partial charge < -0.3 is 16.0 Å². The summed E-state index contributed by atoms with van der Waals surface area (Å²) in [6.07, 6.45) is 0. The Morgan fingerprint density at radius 3 is 2.44 bits per heavy atom. The van der Waals surface area contributed by atoms with Gasteiger partial charge in [0.25, 0.3) is 0 Å². The zero-order chi connectivity index (χ0) is 13.5. The predicted molar refractivity (Wildman–Crippen MR) is 75.5 cm³/mol. The van der Waals surface area contributed by atoms with Crippen LogP contribution in [0.15, 0.2) is 24.3 Å². The van der Waals surface area contributed by atoms with Crippen molar-refractivity contribution in [3.63, 3.8) is 0 Å². The highest BCUT2D eigenvalue weighted by molar-refractivity contribution is 5.81. The lowest BCUT2D eigenvalue weighted by atomic mass is 10.2. The monoisotopic (exact) mass is 249 g/mol. The number of rotatable bonds is 6. The van der Waals surface area contributed by atoms with Crippen molar-refractivity contribution in [3.8, 4) is 0 Å². The summed E-state index contributed by atoms with van der Waals surface area (Å²) in [4.78, 5) is 13.6. The van der Waals surface area contributed by atoms with Crippen LogP contribution in [0.4, 0.5) is 5.69 Å². The standard InChI is InChI=1S/C14H23N3O/c1-11(2)9-16-14(18)10-17(3)13-6-4-12(8-15)5-7-13/h4-7,11H,8-10,15H2,1-3H3,(H,16,18). The first-order valence-corrected chi connectivity index (χ1v) is 6.29. The quantitative estimate of drug-likeness (QED) is 0.800. The molecule has 1 aromatic carbocycles. The van der Waals surface area contributed by atoms with Gasteiger partial charge in [-0.05, 0) is 23.6 Å². The second-order valence-corrected chi connectivity index (χ2v) is 4.92. The first-order chi connectivity index (χ1) is 8.52. The van der Waals surface area contributed by atoms with Crippen LogP contribution in [0.1, 0.15) is 19.4 Å². The van der Waals surface area contributed by atoms with Crippen LogP contribution in [0.2, 0.25) is 0 Å². The van der Waals surface area contributed by atoms with E-state index in [-0.39, 0.29) is 5.91 Å². The average Bonchev–Trinajstić information content (AvgIpc) is 2.36. The average molecular weight is 249 g/mol. The summed E-state index contributed by atoms with van der Waals surface area (Å²) in [7, 11) is 1.91. The lowest BCUT2D eigenvalue weighted by molar-refractivity contribution is -0.119.